The first-order valence-electron chi connectivity index (χ1n) is 13.2. The van der Waals surface area contributed by atoms with Crippen LogP contribution in [0.3, 0.4) is 0 Å². The molecule has 1 unspecified atom stereocenters. The molecule has 1 aromatic heterocycles. The van der Waals surface area contributed by atoms with E-state index in [0.717, 1.165) is 22.6 Å². The summed E-state index contributed by atoms with van der Waals surface area (Å²) < 4.78 is 11.5. The van der Waals surface area contributed by atoms with Crippen LogP contribution in [-0.2, 0) is 17.8 Å². The predicted octanol–water partition coefficient (Wildman–Crippen LogP) is 4.98. The van der Waals surface area contributed by atoms with Crippen molar-refractivity contribution in [1.82, 2.24) is 14.8 Å². The third kappa shape index (κ3) is 5.44. The number of ether oxygens (including phenoxy) is 2. The van der Waals surface area contributed by atoms with Crippen LogP contribution in [0.5, 0.6) is 5.75 Å². The Hall–Kier alpha value is -4.01. The molecule has 1 atom stereocenters. The van der Waals surface area contributed by atoms with Gasteiger partial charge in [0, 0.05) is 30.6 Å². The first-order chi connectivity index (χ1) is 19.2. The van der Waals surface area contributed by atoms with Gasteiger partial charge in [0.1, 0.15) is 23.1 Å². The van der Waals surface area contributed by atoms with Crippen LogP contribution in [-0.4, -0.2) is 59.4 Å². The Kier molecular flexibility index (Phi) is 7.38. The van der Waals surface area contributed by atoms with E-state index < -0.39 is 0 Å². The molecule has 0 aliphatic carbocycles. The summed E-state index contributed by atoms with van der Waals surface area (Å²) in [7, 11) is 0. The van der Waals surface area contributed by atoms with Crippen LogP contribution >= 0.6 is 11.3 Å². The number of thiazole rings is 1. The zero-order chi connectivity index (χ0) is 26.6. The Morgan fingerprint density at radius 2 is 1.67 bits per heavy atom. The molecule has 1 fully saturated rings. The zero-order valence-electron chi connectivity index (χ0n) is 21.5. The van der Waals surface area contributed by atoms with Gasteiger partial charge in [0.25, 0.3) is 11.8 Å². The maximum absolute atomic E-state index is 13.6. The van der Waals surface area contributed by atoms with Crippen LogP contribution < -0.4 is 4.74 Å². The minimum atomic E-state index is -0.219. The summed E-state index contributed by atoms with van der Waals surface area (Å²) in [6.07, 6.45) is 0.775. The predicted molar refractivity (Wildman–Crippen MR) is 149 cm³/mol. The van der Waals surface area contributed by atoms with Gasteiger partial charge in [-0.2, -0.15) is 0 Å². The maximum Gasteiger partial charge on any atom is 0.273 e. The number of fused-ring (bicyclic) bond motifs is 1. The number of morpholine rings is 1. The number of rotatable bonds is 6. The zero-order valence-corrected chi connectivity index (χ0v) is 22.3. The van der Waals surface area contributed by atoms with Gasteiger partial charge in [-0.3, -0.25) is 9.59 Å². The molecule has 0 saturated carbocycles. The molecule has 8 heteroatoms. The Morgan fingerprint density at radius 3 is 2.44 bits per heavy atom. The molecule has 3 heterocycles. The molecule has 0 N–H and O–H groups in total. The second kappa shape index (κ2) is 11.4. The van der Waals surface area contributed by atoms with Crippen molar-refractivity contribution in [1.29, 1.82) is 0 Å². The highest BCUT2D eigenvalue weighted by Gasteiger charge is 2.33. The molecule has 0 radical (unpaired) electrons. The summed E-state index contributed by atoms with van der Waals surface area (Å²) in [6, 6.07) is 25.5. The Labute approximate surface area is 231 Å². The van der Waals surface area contributed by atoms with E-state index in [2.05, 4.69) is 23.2 Å². The van der Waals surface area contributed by atoms with Gasteiger partial charge in [-0.1, -0.05) is 54.6 Å². The van der Waals surface area contributed by atoms with Gasteiger partial charge >= 0.3 is 0 Å². The second-order valence-corrected chi connectivity index (χ2v) is 10.6. The topological polar surface area (TPSA) is 72.0 Å². The van der Waals surface area contributed by atoms with Gasteiger partial charge in [0.2, 0.25) is 0 Å². The first kappa shape index (κ1) is 25.3. The van der Waals surface area contributed by atoms with Crippen LogP contribution in [0.1, 0.15) is 48.6 Å². The lowest BCUT2D eigenvalue weighted by atomic mass is 9.87. The molecule has 198 valence electrons. The average molecular weight is 540 g/mol. The number of hydrogen-bond acceptors (Lipinski definition) is 6. The van der Waals surface area contributed by atoms with Crippen LogP contribution in [0.15, 0.2) is 84.2 Å². The molecule has 2 aliphatic rings. The van der Waals surface area contributed by atoms with E-state index in [0.29, 0.717) is 49.9 Å². The fourth-order valence-corrected chi connectivity index (χ4v) is 5.87. The van der Waals surface area contributed by atoms with E-state index >= 15 is 0 Å². The van der Waals surface area contributed by atoms with Crippen molar-refractivity contribution >= 4 is 23.2 Å². The second-order valence-electron chi connectivity index (χ2n) is 9.61. The monoisotopic (exact) mass is 539 g/mol. The van der Waals surface area contributed by atoms with E-state index in [1.165, 1.54) is 16.9 Å². The summed E-state index contributed by atoms with van der Waals surface area (Å²) in [5, 5.41) is 2.53. The quantitative estimate of drug-likeness (QED) is 0.346. The van der Waals surface area contributed by atoms with E-state index in [1.807, 2.05) is 65.6 Å². The summed E-state index contributed by atoms with van der Waals surface area (Å²) in [5.41, 5.74) is 4.47. The van der Waals surface area contributed by atoms with Gasteiger partial charge in [0.05, 0.1) is 19.3 Å². The number of hydrogen-bond donors (Lipinski definition) is 0. The minimum absolute atomic E-state index is 0.0154. The van der Waals surface area contributed by atoms with Gasteiger partial charge in [-0.05, 0) is 47.4 Å². The van der Waals surface area contributed by atoms with Crippen molar-refractivity contribution in [2.24, 2.45) is 0 Å². The van der Waals surface area contributed by atoms with Crippen LogP contribution in [0.2, 0.25) is 0 Å². The number of nitrogens with zero attached hydrogens (tertiary/aromatic N) is 3. The van der Waals surface area contributed by atoms with Crippen LogP contribution in [0.25, 0.3) is 0 Å². The summed E-state index contributed by atoms with van der Waals surface area (Å²) in [4.78, 5) is 34.6. The fourth-order valence-electron chi connectivity index (χ4n) is 5.19. The van der Waals surface area contributed by atoms with Crippen LogP contribution in [0.4, 0.5) is 0 Å². The minimum Gasteiger partial charge on any atom is -0.486 e. The lowest BCUT2D eigenvalue weighted by Gasteiger charge is -2.38. The number of carbonyl (C=O) groups is 2. The van der Waals surface area contributed by atoms with E-state index in [4.69, 9.17) is 9.47 Å². The molecule has 0 spiro atoms. The van der Waals surface area contributed by atoms with Gasteiger partial charge in [0.15, 0.2) is 0 Å². The lowest BCUT2D eigenvalue weighted by molar-refractivity contribution is 0.0299. The fraction of sp³-hybridized carbons (Fsp3) is 0.258. The summed E-state index contributed by atoms with van der Waals surface area (Å²) in [6.45, 7) is 3.19. The smallest absolute Gasteiger partial charge is 0.273 e. The van der Waals surface area contributed by atoms with Crippen molar-refractivity contribution < 1.29 is 19.1 Å². The standard InChI is InChI=1S/C31H29N3O4S/c35-30(24-9-5-2-6-10-24)34-14-13-22-11-12-25(19-26(22)29(34)23-7-3-1-4-8-23)38-20-28-32-27(21-39-28)31(36)33-15-17-37-18-16-33/h1-12,19,21,29H,13-18,20H2. The van der Waals surface area contributed by atoms with Gasteiger partial charge in [-0.25, -0.2) is 4.98 Å². The molecule has 39 heavy (non-hydrogen) atoms. The number of aromatic nitrogens is 1. The SMILES string of the molecule is O=C(c1csc(COc2ccc3c(c2)C(c2ccccc2)N(C(=O)c2ccccc2)CC3)n1)N1CCOCC1. The molecular weight excluding hydrogens is 510 g/mol. The first-order valence-corrected chi connectivity index (χ1v) is 14.0. The molecule has 6 rings (SSSR count). The van der Waals surface area contributed by atoms with Crippen molar-refractivity contribution in [2.45, 2.75) is 19.1 Å². The Bertz CT molecular complexity index is 1450. The molecule has 2 aliphatic heterocycles. The van der Waals surface area contributed by atoms with E-state index in [9.17, 15) is 9.59 Å². The number of carbonyl (C=O) groups excluding carboxylic acids is 2. The van der Waals surface area contributed by atoms with Crippen molar-refractivity contribution in [3.05, 3.63) is 117 Å². The van der Waals surface area contributed by atoms with Crippen molar-refractivity contribution in [2.75, 3.05) is 32.8 Å². The van der Waals surface area contributed by atoms with Crippen molar-refractivity contribution in [3.63, 3.8) is 0 Å². The van der Waals surface area contributed by atoms with E-state index in [1.54, 1.807) is 10.3 Å². The van der Waals surface area contributed by atoms with Gasteiger partial charge < -0.3 is 19.3 Å². The number of benzene rings is 3. The normalized spacial score (nSPS) is 17.0. The molecule has 4 aromatic rings. The Morgan fingerprint density at radius 1 is 0.923 bits per heavy atom. The third-order valence-electron chi connectivity index (χ3n) is 7.17. The number of amides is 2. The highest BCUT2D eigenvalue weighted by atomic mass is 32.1. The van der Waals surface area contributed by atoms with E-state index in [-0.39, 0.29) is 24.5 Å². The molecule has 7 nitrogen and oxygen atoms in total. The highest BCUT2D eigenvalue weighted by Crippen LogP contribution is 2.38. The van der Waals surface area contributed by atoms with Gasteiger partial charge in [-0.15, -0.1) is 11.3 Å². The third-order valence-corrected chi connectivity index (χ3v) is 8.00. The average Bonchev–Trinajstić information content (AvgIpc) is 3.49. The van der Waals surface area contributed by atoms with Crippen molar-refractivity contribution in [3.8, 4) is 5.75 Å². The molecule has 0 bridgehead atoms. The lowest BCUT2D eigenvalue weighted by Crippen LogP contribution is -2.40. The molecule has 2 amide bonds. The Balaban J connectivity index is 1.23. The summed E-state index contributed by atoms with van der Waals surface area (Å²) >= 11 is 1.42. The largest absolute Gasteiger partial charge is 0.486 e. The molecule has 1 saturated heterocycles. The van der Waals surface area contributed by atoms with Crippen LogP contribution in [0, 0.1) is 0 Å². The summed E-state index contributed by atoms with van der Waals surface area (Å²) in [5.74, 6) is 0.657. The molecular formula is C31H29N3O4S. The maximum atomic E-state index is 13.6. The molecule has 3 aromatic carbocycles. The highest BCUT2D eigenvalue weighted by molar-refractivity contribution is 7.09.